The van der Waals surface area contributed by atoms with Gasteiger partial charge in [0.2, 0.25) is 23.6 Å². The van der Waals surface area contributed by atoms with Crippen LogP contribution in [-0.4, -0.2) is 70.3 Å². The Morgan fingerprint density at radius 1 is 1.00 bits per heavy atom. The molecule has 0 aromatic carbocycles. The molecule has 0 unspecified atom stereocenters. The molecule has 0 aliphatic carbocycles. The van der Waals surface area contributed by atoms with Crippen LogP contribution in [0, 0.1) is 11.8 Å². The van der Waals surface area contributed by atoms with Crippen LogP contribution in [0.2, 0.25) is 0 Å². The van der Waals surface area contributed by atoms with E-state index in [-0.39, 0.29) is 18.3 Å². The molecular weight excluding hydrogens is 418 g/mol. The highest BCUT2D eigenvalue weighted by atomic mass is 16.4. The monoisotopic (exact) mass is 455 g/mol. The second-order valence-electron chi connectivity index (χ2n) is 8.55. The van der Waals surface area contributed by atoms with E-state index in [0.717, 1.165) is 0 Å². The van der Waals surface area contributed by atoms with Crippen molar-refractivity contribution in [2.24, 2.45) is 23.3 Å². The lowest BCUT2D eigenvalue weighted by molar-refractivity contribution is -0.150. The van der Waals surface area contributed by atoms with Crippen molar-refractivity contribution in [1.82, 2.24) is 15.5 Å². The number of amides is 4. The van der Waals surface area contributed by atoms with Gasteiger partial charge in [0.15, 0.2) is 0 Å². The molecule has 0 spiro atoms. The molecule has 0 saturated carbocycles. The van der Waals surface area contributed by atoms with Gasteiger partial charge in [0.25, 0.3) is 0 Å². The SMILES string of the molecule is CC[C@H](C)[C@H](NC(=O)[C@@H](N)CC(N)=O)C(=O)N[C@H](C(=O)N1CCC[C@H]1C(=O)O)[C@@H](C)CC. The first-order valence-corrected chi connectivity index (χ1v) is 11.1. The van der Waals surface area contributed by atoms with Gasteiger partial charge in [0.1, 0.15) is 18.1 Å². The predicted molar refractivity (Wildman–Crippen MR) is 117 cm³/mol. The maximum atomic E-state index is 13.2. The molecule has 0 aromatic rings. The molecule has 1 heterocycles. The third-order valence-electron chi connectivity index (χ3n) is 6.15. The lowest BCUT2D eigenvalue weighted by Gasteiger charge is -2.32. The number of carbonyl (C=O) groups excluding carboxylic acids is 4. The minimum absolute atomic E-state index is 0.258. The Balaban J connectivity index is 3.05. The largest absolute Gasteiger partial charge is 0.480 e. The standard InChI is InChI=1S/C21H37N5O6/c1-5-11(3)16(24-18(28)13(22)10-15(23)27)19(29)25-17(12(4)6-2)20(30)26-9-7-8-14(26)21(31)32/h11-14,16-17H,5-10,22H2,1-4H3,(H2,23,27)(H,24,28)(H,25,29)(H,31,32)/t11-,12-,13-,14-,16-,17-/m0/s1. The van der Waals surface area contributed by atoms with Crippen LogP contribution in [0.4, 0.5) is 0 Å². The normalized spacial score (nSPS) is 20.5. The number of likely N-dealkylation sites (tertiary alicyclic amines) is 1. The Labute approximate surface area is 188 Å². The molecule has 1 fully saturated rings. The number of carboxylic acids is 1. The van der Waals surface area contributed by atoms with Crippen molar-refractivity contribution in [2.45, 2.75) is 84.0 Å². The zero-order valence-electron chi connectivity index (χ0n) is 19.3. The minimum atomic E-state index is -1.19. The zero-order valence-corrected chi connectivity index (χ0v) is 19.3. The smallest absolute Gasteiger partial charge is 0.326 e. The maximum Gasteiger partial charge on any atom is 0.326 e. The molecule has 1 aliphatic heterocycles. The molecule has 7 N–H and O–H groups in total. The molecule has 11 heteroatoms. The third kappa shape index (κ3) is 7.18. The number of nitrogens with one attached hydrogen (secondary N) is 2. The van der Waals surface area contributed by atoms with Crippen molar-refractivity contribution in [1.29, 1.82) is 0 Å². The Morgan fingerprint density at radius 3 is 2.03 bits per heavy atom. The Morgan fingerprint density at radius 2 is 1.53 bits per heavy atom. The van der Waals surface area contributed by atoms with Crippen molar-refractivity contribution >= 4 is 29.6 Å². The van der Waals surface area contributed by atoms with Gasteiger partial charge in [-0.25, -0.2) is 4.79 Å². The summed E-state index contributed by atoms with van der Waals surface area (Å²) >= 11 is 0. The van der Waals surface area contributed by atoms with Gasteiger partial charge >= 0.3 is 5.97 Å². The van der Waals surface area contributed by atoms with Gasteiger partial charge in [0.05, 0.1) is 12.5 Å². The number of primary amides is 1. The third-order valence-corrected chi connectivity index (χ3v) is 6.15. The average molecular weight is 456 g/mol. The predicted octanol–water partition coefficient (Wildman–Crippen LogP) is -0.673. The maximum absolute atomic E-state index is 13.2. The number of rotatable bonds is 12. The van der Waals surface area contributed by atoms with Gasteiger partial charge in [-0.1, -0.05) is 40.5 Å². The molecule has 1 rings (SSSR count). The number of nitrogens with two attached hydrogens (primary N) is 2. The van der Waals surface area contributed by atoms with E-state index in [2.05, 4.69) is 10.6 Å². The molecule has 1 aliphatic rings. The van der Waals surface area contributed by atoms with Crippen LogP contribution in [0.3, 0.4) is 0 Å². The van der Waals surface area contributed by atoms with Crippen molar-refractivity contribution < 1.29 is 29.1 Å². The number of hydrogen-bond acceptors (Lipinski definition) is 6. The second-order valence-corrected chi connectivity index (χ2v) is 8.55. The van der Waals surface area contributed by atoms with Crippen LogP contribution >= 0.6 is 0 Å². The first-order valence-electron chi connectivity index (χ1n) is 11.1. The van der Waals surface area contributed by atoms with Gasteiger partial charge in [0, 0.05) is 6.54 Å². The van der Waals surface area contributed by atoms with Gasteiger partial charge < -0.3 is 32.1 Å². The van der Waals surface area contributed by atoms with Gasteiger partial charge in [-0.3, -0.25) is 19.2 Å². The quantitative estimate of drug-likeness (QED) is 0.258. The molecular formula is C21H37N5O6. The molecule has 0 bridgehead atoms. The molecule has 11 nitrogen and oxygen atoms in total. The average Bonchev–Trinajstić information content (AvgIpc) is 3.23. The summed E-state index contributed by atoms with van der Waals surface area (Å²) in [5.74, 6) is -4.06. The van der Waals surface area contributed by atoms with E-state index in [4.69, 9.17) is 11.5 Å². The van der Waals surface area contributed by atoms with Crippen LogP contribution in [0.1, 0.15) is 59.8 Å². The first-order chi connectivity index (χ1) is 14.9. The highest BCUT2D eigenvalue weighted by molar-refractivity contribution is 5.95. The van der Waals surface area contributed by atoms with Gasteiger partial charge in [-0.15, -0.1) is 0 Å². The van der Waals surface area contributed by atoms with Crippen molar-refractivity contribution in [3.8, 4) is 0 Å². The summed E-state index contributed by atoms with van der Waals surface area (Å²) in [7, 11) is 0. The number of aliphatic carboxylic acids is 1. The second kappa shape index (κ2) is 12.4. The summed E-state index contributed by atoms with van der Waals surface area (Å²) in [6.45, 7) is 7.59. The van der Waals surface area contributed by atoms with E-state index in [1.165, 1.54) is 4.90 Å². The summed E-state index contributed by atoms with van der Waals surface area (Å²) in [5, 5.41) is 14.7. The van der Waals surface area contributed by atoms with Crippen molar-refractivity contribution in [2.75, 3.05) is 6.54 Å². The van der Waals surface area contributed by atoms with E-state index in [1.807, 2.05) is 13.8 Å². The summed E-state index contributed by atoms with van der Waals surface area (Å²) < 4.78 is 0. The molecule has 0 radical (unpaired) electrons. The summed E-state index contributed by atoms with van der Waals surface area (Å²) in [5.41, 5.74) is 10.8. The van der Waals surface area contributed by atoms with E-state index in [9.17, 15) is 29.1 Å². The Hall–Kier alpha value is -2.69. The number of carboxylic acid groups (broad SMARTS) is 1. The Bertz CT molecular complexity index is 715. The van der Waals surface area contributed by atoms with Crippen LogP contribution < -0.4 is 22.1 Å². The fourth-order valence-electron chi connectivity index (χ4n) is 3.66. The molecule has 4 amide bonds. The molecule has 182 valence electrons. The molecule has 6 atom stereocenters. The van der Waals surface area contributed by atoms with E-state index in [0.29, 0.717) is 32.2 Å². The summed E-state index contributed by atoms with van der Waals surface area (Å²) in [6, 6.07) is -4.03. The Kier molecular flexibility index (Phi) is 10.6. The number of hydrogen-bond donors (Lipinski definition) is 5. The van der Waals surface area contributed by atoms with Crippen molar-refractivity contribution in [3.63, 3.8) is 0 Å². The van der Waals surface area contributed by atoms with Gasteiger partial charge in [-0.05, 0) is 24.7 Å². The van der Waals surface area contributed by atoms with Crippen LogP contribution in [-0.2, 0) is 24.0 Å². The molecule has 32 heavy (non-hydrogen) atoms. The van der Waals surface area contributed by atoms with E-state index < -0.39 is 53.8 Å². The fourth-order valence-corrected chi connectivity index (χ4v) is 3.66. The van der Waals surface area contributed by atoms with Gasteiger partial charge in [-0.2, -0.15) is 0 Å². The van der Waals surface area contributed by atoms with E-state index in [1.54, 1.807) is 13.8 Å². The van der Waals surface area contributed by atoms with Crippen LogP contribution in [0.25, 0.3) is 0 Å². The van der Waals surface area contributed by atoms with Crippen molar-refractivity contribution in [3.05, 3.63) is 0 Å². The highest BCUT2D eigenvalue weighted by Crippen LogP contribution is 2.22. The molecule has 0 aromatic heterocycles. The summed E-state index contributed by atoms with van der Waals surface area (Å²) in [4.78, 5) is 62.6. The van der Waals surface area contributed by atoms with Crippen LogP contribution in [0.15, 0.2) is 0 Å². The lowest BCUT2D eigenvalue weighted by Crippen LogP contribution is -2.60. The topological polar surface area (TPSA) is 185 Å². The number of nitrogens with zero attached hydrogens (tertiary/aromatic N) is 1. The lowest BCUT2D eigenvalue weighted by atomic mass is 9.94. The first kappa shape index (κ1) is 27.3. The highest BCUT2D eigenvalue weighted by Gasteiger charge is 2.40. The van der Waals surface area contributed by atoms with Crippen LogP contribution in [0.5, 0.6) is 0 Å². The number of carbonyl (C=O) groups is 5. The summed E-state index contributed by atoms with van der Waals surface area (Å²) in [6.07, 6.45) is 1.71. The molecule has 1 saturated heterocycles. The van der Waals surface area contributed by atoms with E-state index >= 15 is 0 Å². The fraction of sp³-hybridized carbons (Fsp3) is 0.762. The zero-order chi connectivity index (χ0) is 24.6. The minimum Gasteiger partial charge on any atom is -0.480 e.